The second kappa shape index (κ2) is 5.22. The number of nitrogens with two attached hydrogens (primary N) is 1. The summed E-state index contributed by atoms with van der Waals surface area (Å²) in [6.07, 6.45) is 1.36. The lowest BCUT2D eigenvalue weighted by atomic mass is 10.0. The molecule has 0 amide bonds. The highest BCUT2D eigenvalue weighted by atomic mass is 16.6. The fourth-order valence-corrected chi connectivity index (χ4v) is 1.01. The van der Waals surface area contributed by atoms with Gasteiger partial charge in [0.1, 0.15) is 5.60 Å². The van der Waals surface area contributed by atoms with E-state index in [0.29, 0.717) is 13.0 Å². The number of hydrogen-bond donors (Lipinski definition) is 1. The van der Waals surface area contributed by atoms with Crippen LogP contribution >= 0.6 is 0 Å². The predicted octanol–water partition coefficient (Wildman–Crippen LogP) is 1.70. The van der Waals surface area contributed by atoms with Gasteiger partial charge in [-0.2, -0.15) is 0 Å². The Morgan fingerprint density at radius 2 is 2.00 bits per heavy atom. The van der Waals surface area contributed by atoms with E-state index < -0.39 is 0 Å². The average molecular weight is 187 g/mol. The first-order valence-corrected chi connectivity index (χ1v) is 4.81. The maximum absolute atomic E-state index is 11.3. The zero-order valence-corrected chi connectivity index (χ0v) is 9.09. The molecule has 13 heavy (non-hydrogen) atoms. The van der Waals surface area contributed by atoms with E-state index in [1.165, 1.54) is 0 Å². The molecule has 78 valence electrons. The van der Waals surface area contributed by atoms with E-state index in [9.17, 15) is 4.79 Å². The molecule has 0 saturated heterocycles. The molecule has 0 radical (unpaired) electrons. The molecule has 0 rings (SSSR count). The molecule has 3 heteroatoms. The molecule has 0 aliphatic heterocycles. The quantitative estimate of drug-likeness (QED) is 0.681. The van der Waals surface area contributed by atoms with E-state index in [1.54, 1.807) is 0 Å². The van der Waals surface area contributed by atoms with Gasteiger partial charge in [-0.05, 0) is 33.2 Å². The van der Waals surface area contributed by atoms with Gasteiger partial charge in [0.2, 0.25) is 0 Å². The molecule has 0 aromatic carbocycles. The molecule has 0 aromatic heterocycles. The highest BCUT2D eigenvalue weighted by molar-refractivity contribution is 5.70. The summed E-state index contributed by atoms with van der Waals surface area (Å²) in [4.78, 5) is 11.3. The molecule has 1 atom stereocenters. The van der Waals surface area contributed by atoms with Crippen molar-refractivity contribution in [1.29, 1.82) is 0 Å². The Labute approximate surface area is 80.6 Å². The van der Waals surface area contributed by atoms with Gasteiger partial charge in [0, 0.05) is 6.42 Å². The largest absolute Gasteiger partial charge is 0.460 e. The van der Waals surface area contributed by atoms with E-state index in [2.05, 4.69) is 0 Å². The summed E-state index contributed by atoms with van der Waals surface area (Å²) in [5.41, 5.74) is 5.10. The van der Waals surface area contributed by atoms with Crippen molar-refractivity contribution in [2.45, 2.75) is 46.1 Å². The van der Waals surface area contributed by atoms with Gasteiger partial charge in [0.05, 0.1) is 0 Å². The monoisotopic (exact) mass is 187 g/mol. The molecule has 0 saturated carbocycles. The Bertz CT molecular complexity index is 157. The molecule has 0 spiro atoms. The Kier molecular flexibility index (Phi) is 4.99. The highest BCUT2D eigenvalue weighted by Gasteiger charge is 2.18. The van der Waals surface area contributed by atoms with Gasteiger partial charge in [0.15, 0.2) is 0 Å². The van der Waals surface area contributed by atoms with Crippen molar-refractivity contribution in [2.75, 3.05) is 6.54 Å². The van der Waals surface area contributed by atoms with E-state index in [1.807, 2.05) is 27.7 Å². The second-order valence-corrected chi connectivity index (χ2v) is 4.30. The average Bonchev–Trinajstić information content (AvgIpc) is 1.96. The predicted molar refractivity (Wildman–Crippen MR) is 53.3 cm³/mol. The Morgan fingerprint density at radius 3 is 2.31 bits per heavy atom. The van der Waals surface area contributed by atoms with Gasteiger partial charge in [-0.1, -0.05) is 13.3 Å². The van der Waals surface area contributed by atoms with E-state index in [-0.39, 0.29) is 17.5 Å². The normalized spacial score (nSPS) is 13.9. The van der Waals surface area contributed by atoms with E-state index in [0.717, 1.165) is 6.42 Å². The number of ether oxygens (including phenoxy) is 1. The van der Waals surface area contributed by atoms with Crippen LogP contribution in [-0.4, -0.2) is 18.1 Å². The fraction of sp³-hybridized carbons (Fsp3) is 0.900. The molecule has 0 heterocycles. The summed E-state index contributed by atoms with van der Waals surface area (Å²) in [5.74, 6) is 0.111. The van der Waals surface area contributed by atoms with Crippen molar-refractivity contribution in [1.82, 2.24) is 0 Å². The summed E-state index contributed by atoms with van der Waals surface area (Å²) < 4.78 is 5.18. The topological polar surface area (TPSA) is 52.3 Å². The van der Waals surface area contributed by atoms with Crippen LogP contribution in [0, 0.1) is 5.92 Å². The number of esters is 1. The first kappa shape index (κ1) is 12.4. The summed E-state index contributed by atoms with van der Waals surface area (Å²) in [7, 11) is 0. The van der Waals surface area contributed by atoms with Crippen molar-refractivity contribution < 1.29 is 9.53 Å². The molecule has 3 nitrogen and oxygen atoms in total. The van der Waals surface area contributed by atoms with Crippen molar-refractivity contribution in [3.05, 3.63) is 0 Å². The third-order valence-corrected chi connectivity index (χ3v) is 1.79. The summed E-state index contributed by atoms with van der Waals surface area (Å²) in [6, 6.07) is 0. The fourth-order valence-electron chi connectivity index (χ4n) is 1.01. The van der Waals surface area contributed by atoms with Crippen LogP contribution in [0.15, 0.2) is 0 Å². The van der Waals surface area contributed by atoms with Crippen LogP contribution in [0.3, 0.4) is 0 Å². The zero-order chi connectivity index (χ0) is 10.5. The lowest BCUT2D eigenvalue weighted by Crippen LogP contribution is -2.26. The maximum atomic E-state index is 11.3. The number of hydrogen-bond acceptors (Lipinski definition) is 3. The lowest BCUT2D eigenvalue weighted by Gasteiger charge is -2.21. The molecular formula is C10H21NO2. The van der Waals surface area contributed by atoms with Gasteiger partial charge in [-0.15, -0.1) is 0 Å². The first-order valence-electron chi connectivity index (χ1n) is 4.81. The Morgan fingerprint density at radius 1 is 1.46 bits per heavy atom. The van der Waals surface area contributed by atoms with Gasteiger partial charge in [-0.3, -0.25) is 4.79 Å². The van der Waals surface area contributed by atoms with Crippen LogP contribution in [0.2, 0.25) is 0 Å². The third-order valence-electron chi connectivity index (χ3n) is 1.79. The summed E-state index contributed by atoms with van der Waals surface area (Å²) in [5, 5.41) is 0. The lowest BCUT2D eigenvalue weighted by molar-refractivity contribution is -0.155. The van der Waals surface area contributed by atoms with E-state index in [4.69, 9.17) is 10.5 Å². The van der Waals surface area contributed by atoms with Gasteiger partial charge in [0.25, 0.3) is 0 Å². The molecule has 0 fully saturated rings. The molecule has 1 unspecified atom stereocenters. The molecule has 2 N–H and O–H groups in total. The maximum Gasteiger partial charge on any atom is 0.306 e. The summed E-state index contributed by atoms with van der Waals surface area (Å²) >= 11 is 0. The third kappa shape index (κ3) is 6.58. The number of rotatable bonds is 4. The molecular weight excluding hydrogens is 166 g/mol. The number of carbonyl (C=O) groups is 1. The standard InChI is InChI=1S/C10H21NO2/c1-5-8(7-11)6-9(12)13-10(2,3)4/h8H,5-7,11H2,1-4H3. The minimum Gasteiger partial charge on any atom is -0.460 e. The second-order valence-electron chi connectivity index (χ2n) is 4.30. The van der Waals surface area contributed by atoms with Crippen molar-refractivity contribution in [3.8, 4) is 0 Å². The van der Waals surface area contributed by atoms with Crippen molar-refractivity contribution in [2.24, 2.45) is 11.7 Å². The molecule has 0 aliphatic rings. The zero-order valence-electron chi connectivity index (χ0n) is 9.09. The Hall–Kier alpha value is -0.570. The van der Waals surface area contributed by atoms with Crippen molar-refractivity contribution >= 4 is 5.97 Å². The molecule has 0 aromatic rings. The number of carbonyl (C=O) groups excluding carboxylic acids is 1. The smallest absolute Gasteiger partial charge is 0.306 e. The first-order chi connectivity index (χ1) is 5.89. The van der Waals surface area contributed by atoms with Crippen LogP contribution in [-0.2, 0) is 9.53 Å². The van der Waals surface area contributed by atoms with Crippen LogP contribution in [0.25, 0.3) is 0 Å². The SMILES string of the molecule is CCC(CN)CC(=O)OC(C)(C)C. The van der Waals surface area contributed by atoms with Gasteiger partial charge in [-0.25, -0.2) is 0 Å². The molecule has 0 aliphatic carbocycles. The van der Waals surface area contributed by atoms with Crippen LogP contribution in [0.5, 0.6) is 0 Å². The molecule has 0 bridgehead atoms. The van der Waals surface area contributed by atoms with Crippen molar-refractivity contribution in [3.63, 3.8) is 0 Å². The van der Waals surface area contributed by atoms with E-state index >= 15 is 0 Å². The minimum atomic E-state index is -0.385. The summed E-state index contributed by atoms with van der Waals surface area (Å²) in [6.45, 7) is 8.19. The minimum absolute atomic E-state index is 0.148. The highest BCUT2D eigenvalue weighted by Crippen LogP contribution is 2.12. The van der Waals surface area contributed by atoms with Crippen LogP contribution in [0.4, 0.5) is 0 Å². The van der Waals surface area contributed by atoms with Crippen LogP contribution < -0.4 is 5.73 Å². The van der Waals surface area contributed by atoms with Crippen LogP contribution in [0.1, 0.15) is 40.5 Å². The van der Waals surface area contributed by atoms with Gasteiger partial charge >= 0.3 is 5.97 Å². The van der Waals surface area contributed by atoms with Gasteiger partial charge < -0.3 is 10.5 Å². The Balaban J connectivity index is 3.86.